The quantitative estimate of drug-likeness (QED) is 0.683. The summed E-state index contributed by atoms with van der Waals surface area (Å²) in [4.78, 5) is 17.0. The molecule has 0 atom stereocenters. The van der Waals surface area contributed by atoms with Gasteiger partial charge in [0.25, 0.3) is 5.91 Å². The van der Waals surface area contributed by atoms with Crippen LogP contribution in [-0.4, -0.2) is 41.0 Å². The molecule has 0 N–H and O–H groups in total. The largest absolute Gasteiger partial charge is 0.371 e. The summed E-state index contributed by atoms with van der Waals surface area (Å²) in [6.07, 6.45) is 0. The van der Waals surface area contributed by atoms with Crippen LogP contribution in [0.5, 0.6) is 0 Å². The predicted molar refractivity (Wildman–Crippen MR) is 94.9 cm³/mol. The first-order valence-electron chi connectivity index (χ1n) is 7.66. The van der Waals surface area contributed by atoms with Crippen LogP contribution in [0.1, 0.15) is 10.4 Å². The van der Waals surface area contributed by atoms with Crippen LogP contribution < -0.4 is 9.80 Å². The molecule has 0 unspecified atom stereocenters. The SMILES string of the molecule is CN1CCN(C(=O)c2ccc3nnn(C)c3c2)c2cc(Cl)ccc21. The zero-order valence-electron chi connectivity index (χ0n) is 13.4. The Morgan fingerprint density at radius 3 is 2.75 bits per heavy atom. The maximum absolute atomic E-state index is 13.1. The molecule has 0 radical (unpaired) electrons. The molecule has 0 aliphatic carbocycles. The van der Waals surface area contributed by atoms with Crippen molar-refractivity contribution in [3.63, 3.8) is 0 Å². The molecule has 3 aromatic rings. The molecule has 0 bridgehead atoms. The molecule has 4 rings (SSSR count). The normalized spacial score (nSPS) is 14.1. The molecule has 2 heterocycles. The average molecular weight is 342 g/mol. The van der Waals surface area contributed by atoms with E-state index in [9.17, 15) is 4.79 Å². The lowest BCUT2D eigenvalue weighted by molar-refractivity contribution is 0.0987. The van der Waals surface area contributed by atoms with E-state index in [0.717, 1.165) is 29.0 Å². The van der Waals surface area contributed by atoms with E-state index < -0.39 is 0 Å². The van der Waals surface area contributed by atoms with Crippen LogP contribution in [-0.2, 0) is 7.05 Å². The fraction of sp³-hybridized carbons (Fsp3) is 0.235. The van der Waals surface area contributed by atoms with Crippen molar-refractivity contribution in [1.82, 2.24) is 15.0 Å². The fourth-order valence-electron chi connectivity index (χ4n) is 3.06. The lowest BCUT2D eigenvalue weighted by Crippen LogP contribution is -2.42. The minimum atomic E-state index is -0.0466. The van der Waals surface area contributed by atoms with E-state index in [2.05, 4.69) is 15.2 Å². The monoisotopic (exact) mass is 341 g/mol. The summed E-state index contributed by atoms with van der Waals surface area (Å²) < 4.78 is 1.67. The van der Waals surface area contributed by atoms with Gasteiger partial charge in [-0.25, -0.2) is 4.68 Å². The van der Waals surface area contributed by atoms with E-state index in [1.165, 1.54) is 0 Å². The topological polar surface area (TPSA) is 54.3 Å². The second-order valence-corrected chi connectivity index (χ2v) is 6.36. The zero-order valence-corrected chi connectivity index (χ0v) is 14.2. The summed E-state index contributed by atoms with van der Waals surface area (Å²) in [6, 6.07) is 11.1. The van der Waals surface area contributed by atoms with Crippen LogP contribution in [0.15, 0.2) is 36.4 Å². The van der Waals surface area contributed by atoms with E-state index in [1.807, 2.05) is 44.4 Å². The van der Waals surface area contributed by atoms with Crippen LogP contribution in [0, 0.1) is 0 Å². The Kier molecular flexibility index (Phi) is 3.42. The van der Waals surface area contributed by atoms with E-state index in [4.69, 9.17) is 11.6 Å². The number of hydrogen-bond acceptors (Lipinski definition) is 4. The Morgan fingerprint density at radius 1 is 1.08 bits per heavy atom. The lowest BCUT2D eigenvalue weighted by Gasteiger charge is -2.35. The lowest BCUT2D eigenvalue weighted by atomic mass is 10.1. The highest BCUT2D eigenvalue weighted by molar-refractivity contribution is 6.31. The number of hydrogen-bond donors (Lipinski definition) is 0. The van der Waals surface area contributed by atoms with Crippen molar-refractivity contribution in [2.75, 3.05) is 29.9 Å². The van der Waals surface area contributed by atoms with Crippen molar-refractivity contribution < 1.29 is 4.79 Å². The van der Waals surface area contributed by atoms with Gasteiger partial charge in [0.2, 0.25) is 0 Å². The van der Waals surface area contributed by atoms with Crippen molar-refractivity contribution in [1.29, 1.82) is 0 Å². The van der Waals surface area contributed by atoms with Gasteiger partial charge in [-0.3, -0.25) is 4.79 Å². The maximum Gasteiger partial charge on any atom is 0.258 e. The zero-order chi connectivity index (χ0) is 16.8. The summed E-state index contributed by atoms with van der Waals surface area (Å²) in [5, 5.41) is 8.66. The predicted octanol–water partition coefficient (Wildman–Crippen LogP) is 2.72. The summed E-state index contributed by atoms with van der Waals surface area (Å²) in [7, 11) is 3.83. The maximum atomic E-state index is 13.1. The average Bonchev–Trinajstić information content (AvgIpc) is 2.95. The molecule has 122 valence electrons. The molecule has 1 amide bonds. The number of likely N-dealkylation sites (N-methyl/N-ethyl adjacent to an activating group) is 1. The molecular formula is C17H16ClN5O. The number of benzene rings is 2. The van der Waals surface area contributed by atoms with Gasteiger partial charge in [-0.05, 0) is 36.4 Å². The number of aromatic nitrogens is 3. The minimum Gasteiger partial charge on any atom is -0.371 e. The number of carbonyl (C=O) groups is 1. The van der Waals surface area contributed by atoms with Gasteiger partial charge in [-0.1, -0.05) is 16.8 Å². The molecule has 24 heavy (non-hydrogen) atoms. The molecule has 1 aliphatic rings. The Morgan fingerprint density at radius 2 is 1.92 bits per heavy atom. The van der Waals surface area contributed by atoms with Gasteiger partial charge < -0.3 is 9.80 Å². The molecule has 0 saturated heterocycles. The third-order valence-electron chi connectivity index (χ3n) is 4.40. The highest BCUT2D eigenvalue weighted by atomic mass is 35.5. The van der Waals surface area contributed by atoms with Crippen molar-refractivity contribution in [2.24, 2.45) is 7.05 Å². The molecule has 2 aromatic carbocycles. The van der Waals surface area contributed by atoms with Crippen molar-refractivity contribution in [3.05, 3.63) is 47.0 Å². The molecule has 0 fully saturated rings. The fourth-order valence-corrected chi connectivity index (χ4v) is 3.22. The number of anilines is 2. The van der Waals surface area contributed by atoms with E-state index >= 15 is 0 Å². The summed E-state index contributed by atoms with van der Waals surface area (Å²) in [5.74, 6) is -0.0466. The highest BCUT2D eigenvalue weighted by Gasteiger charge is 2.26. The van der Waals surface area contributed by atoms with Gasteiger partial charge in [0.05, 0.1) is 16.9 Å². The second-order valence-electron chi connectivity index (χ2n) is 5.93. The van der Waals surface area contributed by atoms with Crippen molar-refractivity contribution >= 4 is 39.9 Å². The van der Waals surface area contributed by atoms with E-state index in [1.54, 1.807) is 15.6 Å². The van der Waals surface area contributed by atoms with Gasteiger partial charge in [-0.15, -0.1) is 5.10 Å². The van der Waals surface area contributed by atoms with Crippen LogP contribution in [0.3, 0.4) is 0 Å². The van der Waals surface area contributed by atoms with Gasteiger partial charge in [0.1, 0.15) is 5.52 Å². The van der Waals surface area contributed by atoms with Crippen LogP contribution >= 0.6 is 11.6 Å². The molecule has 7 heteroatoms. The standard InChI is InChI=1S/C17H16ClN5O/c1-21-7-8-23(16-10-12(18)4-6-14(16)21)17(24)11-3-5-13-15(9-11)22(2)20-19-13/h3-6,9-10H,7-8H2,1-2H3. The van der Waals surface area contributed by atoms with Gasteiger partial charge in [0, 0.05) is 37.8 Å². The van der Waals surface area contributed by atoms with E-state index in [-0.39, 0.29) is 5.91 Å². The first kappa shape index (κ1) is 15.0. The van der Waals surface area contributed by atoms with Crippen LogP contribution in [0.4, 0.5) is 11.4 Å². The van der Waals surface area contributed by atoms with Crippen LogP contribution in [0.2, 0.25) is 5.02 Å². The summed E-state index contributed by atoms with van der Waals surface area (Å²) >= 11 is 6.15. The van der Waals surface area contributed by atoms with Gasteiger partial charge >= 0.3 is 0 Å². The van der Waals surface area contributed by atoms with Crippen LogP contribution in [0.25, 0.3) is 11.0 Å². The molecule has 1 aliphatic heterocycles. The molecule has 6 nitrogen and oxygen atoms in total. The van der Waals surface area contributed by atoms with Crippen molar-refractivity contribution in [3.8, 4) is 0 Å². The number of halogens is 1. The Labute approximate surface area is 144 Å². The first-order chi connectivity index (χ1) is 11.5. The van der Waals surface area contributed by atoms with E-state index in [0.29, 0.717) is 17.1 Å². The Balaban J connectivity index is 1.78. The van der Waals surface area contributed by atoms with Gasteiger partial charge in [0.15, 0.2) is 0 Å². The first-order valence-corrected chi connectivity index (χ1v) is 8.04. The van der Waals surface area contributed by atoms with Crippen molar-refractivity contribution in [2.45, 2.75) is 0 Å². The number of fused-ring (bicyclic) bond motifs is 2. The highest BCUT2D eigenvalue weighted by Crippen LogP contribution is 2.35. The molecule has 0 spiro atoms. The van der Waals surface area contributed by atoms with Gasteiger partial charge in [-0.2, -0.15) is 0 Å². The number of nitrogens with zero attached hydrogens (tertiary/aromatic N) is 5. The Hall–Kier alpha value is -2.60. The third-order valence-corrected chi connectivity index (χ3v) is 4.64. The summed E-state index contributed by atoms with van der Waals surface area (Å²) in [5.41, 5.74) is 4.06. The number of aryl methyl sites for hydroxylation is 1. The number of rotatable bonds is 1. The number of carbonyl (C=O) groups excluding carboxylic acids is 1. The molecular weight excluding hydrogens is 326 g/mol. The third kappa shape index (κ3) is 2.30. The summed E-state index contributed by atoms with van der Waals surface area (Å²) in [6.45, 7) is 1.39. The Bertz CT molecular complexity index is 951. The smallest absolute Gasteiger partial charge is 0.258 e. The molecule has 0 saturated carbocycles. The second kappa shape index (κ2) is 5.49. The minimum absolute atomic E-state index is 0.0466. The number of amides is 1. The molecule has 1 aromatic heterocycles.